The summed E-state index contributed by atoms with van der Waals surface area (Å²) in [7, 11) is 0. The molecule has 0 aromatic heterocycles. The summed E-state index contributed by atoms with van der Waals surface area (Å²) in [5.74, 6) is 0.530. The fourth-order valence-corrected chi connectivity index (χ4v) is 2.38. The molecule has 1 aliphatic rings. The average molecular weight is 329 g/mol. The summed E-state index contributed by atoms with van der Waals surface area (Å²) in [5.41, 5.74) is 0.611. The maximum atomic E-state index is 12.7. The standard InChI is InChI=1S/C18H23N3O3/c1-5-9-19-17(23)20-13-7-8-14-15(11-13)24-12-18(3,4)16(22)21(14)10-6-2/h5-8,11H,1-2,9-10,12H2,3-4H3,(H2,19,20,23). The summed E-state index contributed by atoms with van der Waals surface area (Å²) >= 11 is 0. The van der Waals surface area contributed by atoms with Crippen molar-refractivity contribution in [3.8, 4) is 5.75 Å². The van der Waals surface area contributed by atoms with Crippen molar-refractivity contribution in [3.05, 3.63) is 43.5 Å². The second-order valence-electron chi connectivity index (χ2n) is 6.18. The number of amides is 3. The Morgan fingerprint density at radius 2 is 2.12 bits per heavy atom. The molecular weight excluding hydrogens is 306 g/mol. The van der Waals surface area contributed by atoms with Crippen molar-refractivity contribution in [3.63, 3.8) is 0 Å². The Labute approximate surface area is 142 Å². The van der Waals surface area contributed by atoms with Crippen molar-refractivity contribution >= 4 is 23.3 Å². The summed E-state index contributed by atoms with van der Waals surface area (Å²) in [5, 5.41) is 5.36. The van der Waals surface area contributed by atoms with E-state index in [2.05, 4.69) is 23.8 Å². The summed E-state index contributed by atoms with van der Waals surface area (Å²) in [6.45, 7) is 12.0. The fourth-order valence-electron chi connectivity index (χ4n) is 2.38. The second kappa shape index (κ2) is 7.21. The smallest absolute Gasteiger partial charge is 0.319 e. The topological polar surface area (TPSA) is 70.7 Å². The maximum Gasteiger partial charge on any atom is 0.319 e. The zero-order chi connectivity index (χ0) is 17.7. The molecule has 1 aromatic carbocycles. The molecule has 1 heterocycles. The minimum atomic E-state index is -0.642. The molecule has 0 saturated carbocycles. The van der Waals surface area contributed by atoms with Gasteiger partial charge in [0.15, 0.2) is 0 Å². The molecular formula is C18H23N3O3. The molecule has 2 rings (SSSR count). The van der Waals surface area contributed by atoms with Crippen LogP contribution >= 0.6 is 0 Å². The van der Waals surface area contributed by atoms with Crippen molar-refractivity contribution in [2.75, 3.05) is 29.9 Å². The van der Waals surface area contributed by atoms with Crippen LogP contribution in [0.15, 0.2) is 43.5 Å². The number of fused-ring (bicyclic) bond motifs is 1. The van der Waals surface area contributed by atoms with Gasteiger partial charge in [0.25, 0.3) is 0 Å². The van der Waals surface area contributed by atoms with Gasteiger partial charge in [-0.05, 0) is 26.0 Å². The van der Waals surface area contributed by atoms with Gasteiger partial charge in [-0.25, -0.2) is 4.79 Å². The largest absolute Gasteiger partial charge is 0.490 e. The Morgan fingerprint density at radius 3 is 2.79 bits per heavy atom. The Balaban J connectivity index is 2.29. The highest BCUT2D eigenvalue weighted by Gasteiger charge is 2.37. The van der Waals surface area contributed by atoms with Crippen LogP contribution in [0.4, 0.5) is 16.2 Å². The molecule has 0 atom stereocenters. The van der Waals surface area contributed by atoms with Crippen LogP contribution in [0.25, 0.3) is 0 Å². The number of carbonyl (C=O) groups excluding carboxylic acids is 2. The molecule has 6 heteroatoms. The SMILES string of the molecule is C=CCNC(=O)Nc1ccc2c(c1)OCC(C)(C)C(=O)N2CC=C. The Bertz CT molecular complexity index is 667. The summed E-state index contributed by atoms with van der Waals surface area (Å²) in [6, 6.07) is 4.88. The zero-order valence-corrected chi connectivity index (χ0v) is 14.1. The lowest BCUT2D eigenvalue weighted by molar-refractivity contribution is -0.127. The van der Waals surface area contributed by atoms with Crippen LogP contribution in [-0.2, 0) is 4.79 Å². The van der Waals surface area contributed by atoms with Gasteiger partial charge in [-0.1, -0.05) is 12.2 Å². The Kier molecular flexibility index (Phi) is 5.28. The van der Waals surface area contributed by atoms with Gasteiger partial charge < -0.3 is 20.3 Å². The normalized spacial score (nSPS) is 15.6. The lowest BCUT2D eigenvalue weighted by atomic mass is 9.93. The lowest BCUT2D eigenvalue weighted by Gasteiger charge is -2.27. The first-order chi connectivity index (χ1) is 11.4. The van der Waals surface area contributed by atoms with Crippen LogP contribution in [0, 0.1) is 5.41 Å². The van der Waals surface area contributed by atoms with Crippen LogP contribution < -0.4 is 20.3 Å². The zero-order valence-electron chi connectivity index (χ0n) is 14.1. The summed E-state index contributed by atoms with van der Waals surface area (Å²) in [6.07, 6.45) is 3.28. The van der Waals surface area contributed by atoms with Gasteiger partial charge in [-0.3, -0.25) is 4.79 Å². The van der Waals surface area contributed by atoms with Crippen LogP contribution in [0.2, 0.25) is 0 Å². The van der Waals surface area contributed by atoms with E-state index in [1.807, 2.05) is 13.8 Å². The third-order valence-corrected chi connectivity index (χ3v) is 3.64. The number of anilines is 2. The number of hydrogen-bond acceptors (Lipinski definition) is 3. The molecule has 24 heavy (non-hydrogen) atoms. The van der Waals surface area contributed by atoms with Crippen LogP contribution in [0.5, 0.6) is 5.75 Å². The Hall–Kier alpha value is -2.76. The first-order valence-electron chi connectivity index (χ1n) is 7.74. The molecule has 3 amide bonds. The van der Waals surface area contributed by atoms with E-state index in [4.69, 9.17) is 4.74 Å². The van der Waals surface area contributed by atoms with E-state index in [1.54, 1.807) is 35.3 Å². The number of urea groups is 1. The molecule has 0 unspecified atom stereocenters. The minimum Gasteiger partial charge on any atom is -0.490 e. The highest BCUT2D eigenvalue weighted by atomic mass is 16.5. The third kappa shape index (κ3) is 3.76. The third-order valence-electron chi connectivity index (χ3n) is 3.64. The maximum absolute atomic E-state index is 12.7. The van der Waals surface area contributed by atoms with E-state index >= 15 is 0 Å². The van der Waals surface area contributed by atoms with E-state index in [1.165, 1.54) is 0 Å². The molecule has 6 nitrogen and oxygen atoms in total. The molecule has 0 bridgehead atoms. The van der Waals surface area contributed by atoms with Gasteiger partial charge in [-0.2, -0.15) is 0 Å². The van der Waals surface area contributed by atoms with E-state index < -0.39 is 5.41 Å². The number of rotatable bonds is 5. The van der Waals surface area contributed by atoms with Crippen LogP contribution in [0.3, 0.4) is 0 Å². The van der Waals surface area contributed by atoms with Gasteiger partial charge in [0, 0.05) is 24.8 Å². The highest BCUT2D eigenvalue weighted by molar-refractivity contribution is 6.00. The quantitative estimate of drug-likeness (QED) is 0.816. The van der Waals surface area contributed by atoms with E-state index in [-0.39, 0.29) is 18.5 Å². The molecule has 0 radical (unpaired) electrons. The monoisotopic (exact) mass is 329 g/mol. The van der Waals surface area contributed by atoms with E-state index in [0.29, 0.717) is 30.2 Å². The molecule has 128 valence electrons. The Morgan fingerprint density at radius 1 is 1.38 bits per heavy atom. The first kappa shape index (κ1) is 17.6. The predicted octanol–water partition coefficient (Wildman–Crippen LogP) is 2.93. The van der Waals surface area contributed by atoms with Crippen molar-refractivity contribution < 1.29 is 14.3 Å². The number of carbonyl (C=O) groups is 2. The molecule has 0 spiro atoms. The lowest BCUT2D eigenvalue weighted by Crippen LogP contribution is -2.42. The fraction of sp³-hybridized carbons (Fsp3) is 0.333. The summed E-state index contributed by atoms with van der Waals surface area (Å²) in [4.78, 5) is 26.1. The molecule has 0 saturated heterocycles. The highest BCUT2D eigenvalue weighted by Crippen LogP contribution is 2.38. The van der Waals surface area contributed by atoms with Gasteiger partial charge >= 0.3 is 6.03 Å². The van der Waals surface area contributed by atoms with Crippen molar-refractivity contribution in [2.24, 2.45) is 5.41 Å². The molecule has 2 N–H and O–H groups in total. The van der Waals surface area contributed by atoms with Crippen molar-refractivity contribution in [1.29, 1.82) is 0 Å². The van der Waals surface area contributed by atoms with Crippen LogP contribution in [-0.4, -0.2) is 31.6 Å². The van der Waals surface area contributed by atoms with E-state index in [0.717, 1.165) is 0 Å². The van der Waals surface area contributed by atoms with Gasteiger partial charge in [0.05, 0.1) is 11.1 Å². The van der Waals surface area contributed by atoms with Gasteiger partial charge in [0.1, 0.15) is 12.4 Å². The molecule has 1 aliphatic heterocycles. The van der Waals surface area contributed by atoms with Crippen molar-refractivity contribution in [1.82, 2.24) is 5.32 Å². The first-order valence-corrected chi connectivity index (χ1v) is 7.74. The average Bonchev–Trinajstić information content (AvgIpc) is 2.64. The van der Waals surface area contributed by atoms with E-state index in [9.17, 15) is 9.59 Å². The second-order valence-corrected chi connectivity index (χ2v) is 6.18. The number of hydrogen-bond donors (Lipinski definition) is 2. The van der Waals surface area contributed by atoms with Gasteiger partial charge in [-0.15, -0.1) is 13.2 Å². The van der Waals surface area contributed by atoms with Crippen molar-refractivity contribution in [2.45, 2.75) is 13.8 Å². The molecule has 0 aliphatic carbocycles. The molecule has 1 aromatic rings. The number of nitrogens with zero attached hydrogens (tertiary/aromatic N) is 1. The minimum absolute atomic E-state index is 0.0226. The van der Waals surface area contributed by atoms with Gasteiger partial charge in [0.2, 0.25) is 5.91 Å². The molecule has 0 fully saturated rings. The number of nitrogens with one attached hydrogen (secondary N) is 2. The number of benzene rings is 1. The number of ether oxygens (including phenoxy) is 1. The summed E-state index contributed by atoms with van der Waals surface area (Å²) < 4.78 is 5.83. The van der Waals surface area contributed by atoms with Crippen LogP contribution in [0.1, 0.15) is 13.8 Å². The predicted molar refractivity (Wildman–Crippen MR) is 95.5 cm³/mol.